The van der Waals surface area contributed by atoms with Crippen LogP contribution in [0.3, 0.4) is 0 Å². The standard InChI is InChI=1S/C17H19ClN2O2/c1-12-11-22-13(2)16(12)17(21)20-8-6-19(7-9-20)15-5-3-4-14(18)10-15/h3-5,10-11H,6-9H2,1-2H3. The van der Waals surface area contributed by atoms with Crippen molar-refractivity contribution in [3.8, 4) is 0 Å². The van der Waals surface area contributed by atoms with Crippen molar-refractivity contribution < 1.29 is 9.21 Å². The first-order valence-electron chi connectivity index (χ1n) is 7.41. The molecule has 3 rings (SSSR count). The van der Waals surface area contributed by atoms with E-state index in [0.29, 0.717) is 24.4 Å². The molecule has 1 aliphatic heterocycles. The van der Waals surface area contributed by atoms with Crippen LogP contribution in [0.5, 0.6) is 0 Å². The number of nitrogens with zero attached hydrogens (tertiary/aromatic N) is 2. The number of carbonyl (C=O) groups is 1. The molecule has 22 heavy (non-hydrogen) atoms. The van der Waals surface area contributed by atoms with Crippen LogP contribution in [0.4, 0.5) is 5.69 Å². The molecular weight excluding hydrogens is 300 g/mol. The molecule has 1 fully saturated rings. The minimum absolute atomic E-state index is 0.0643. The summed E-state index contributed by atoms with van der Waals surface area (Å²) < 4.78 is 5.34. The Hall–Kier alpha value is -1.94. The quantitative estimate of drug-likeness (QED) is 0.850. The fourth-order valence-corrected chi connectivity index (χ4v) is 3.07. The minimum Gasteiger partial charge on any atom is -0.469 e. The first-order valence-corrected chi connectivity index (χ1v) is 7.78. The van der Waals surface area contributed by atoms with Crippen molar-refractivity contribution in [3.05, 3.63) is 52.4 Å². The van der Waals surface area contributed by atoms with Crippen LogP contribution in [0.2, 0.25) is 5.02 Å². The van der Waals surface area contributed by atoms with Crippen LogP contribution < -0.4 is 4.90 Å². The summed E-state index contributed by atoms with van der Waals surface area (Å²) in [6, 6.07) is 7.83. The van der Waals surface area contributed by atoms with Gasteiger partial charge in [-0.2, -0.15) is 0 Å². The van der Waals surface area contributed by atoms with Gasteiger partial charge < -0.3 is 14.2 Å². The zero-order valence-corrected chi connectivity index (χ0v) is 13.6. The third kappa shape index (κ3) is 2.83. The number of piperazine rings is 1. The van der Waals surface area contributed by atoms with E-state index in [1.807, 2.05) is 43.0 Å². The number of rotatable bonds is 2. The van der Waals surface area contributed by atoms with E-state index in [-0.39, 0.29) is 5.91 Å². The number of benzene rings is 1. The van der Waals surface area contributed by atoms with Crippen LogP contribution in [-0.4, -0.2) is 37.0 Å². The molecule has 0 spiro atoms. The molecule has 1 saturated heterocycles. The molecular formula is C17H19ClN2O2. The summed E-state index contributed by atoms with van der Waals surface area (Å²) in [5.41, 5.74) is 2.71. The lowest BCUT2D eigenvalue weighted by Gasteiger charge is -2.36. The second-order valence-corrected chi connectivity index (χ2v) is 6.05. The predicted octanol–water partition coefficient (Wildman–Crippen LogP) is 3.51. The number of aryl methyl sites for hydroxylation is 2. The molecule has 5 heteroatoms. The van der Waals surface area contributed by atoms with Crippen molar-refractivity contribution in [2.45, 2.75) is 13.8 Å². The van der Waals surface area contributed by atoms with E-state index < -0.39 is 0 Å². The van der Waals surface area contributed by atoms with E-state index in [2.05, 4.69) is 4.90 Å². The third-order valence-corrected chi connectivity index (χ3v) is 4.35. The molecule has 4 nitrogen and oxygen atoms in total. The van der Waals surface area contributed by atoms with Gasteiger partial charge in [-0.05, 0) is 32.0 Å². The molecule has 0 saturated carbocycles. The molecule has 1 aromatic carbocycles. The molecule has 1 amide bonds. The number of hydrogen-bond donors (Lipinski definition) is 0. The fraction of sp³-hybridized carbons (Fsp3) is 0.353. The minimum atomic E-state index is 0.0643. The Morgan fingerprint density at radius 3 is 2.50 bits per heavy atom. The van der Waals surface area contributed by atoms with Gasteiger partial charge in [0.2, 0.25) is 0 Å². The largest absolute Gasteiger partial charge is 0.469 e. The van der Waals surface area contributed by atoms with Gasteiger partial charge in [-0.3, -0.25) is 4.79 Å². The highest BCUT2D eigenvalue weighted by Gasteiger charge is 2.25. The van der Waals surface area contributed by atoms with Gasteiger partial charge in [-0.1, -0.05) is 17.7 Å². The van der Waals surface area contributed by atoms with E-state index in [1.165, 1.54) is 0 Å². The third-order valence-electron chi connectivity index (χ3n) is 4.11. The summed E-state index contributed by atoms with van der Waals surface area (Å²) in [4.78, 5) is 16.8. The van der Waals surface area contributed by atoms with Crippen LogP contribution in [0.25, 0.3) is 0 Å². The zero-order chi connectivity index (χ0) is 15.7. The lowest BCUT2D eigenvalue weighted by atomic mass is 10.1. The lowest BCUT2D eigenvalue weighted by molar-refractivity contribution is 0.0744. The molecule has 2 aromatic rings. The summed E-state index contributed by atoms with van der Waals surface area (Å²) in [6.45, 7) is 6.77. The molecule has 2 heterocycles. The van der Waals surface area contributed by atoms with Crippen LogP contribution in [0, 0.1) is 13.8 Å². The van der Waals surface area contributed by atoms with Gasteiger partial charge in [0, 0.05) is 42.5 Å². The Kier molecular flexibility index (Phi) is 4.12. The van der Waals surface area contributed by atoms with Crippen molar-refractivity contribution in [2.24, 2.45) is 0 Å². The summed E-state index contributed by atoms with van der Waals surface area (Å²) in [7, 11) is 0. The number of hydrogen-bond acceptors (Lipinski definition) is 3. The molecule has 0 bridgehead atoms. The summed E-state index contributed by atoms with van der Waals surface area (Å²) >= 11 is 6.04. The van der Waals surface area contributed by atoms with Gasteiger partial charge >= 0.3 is 0 Å². The highest BCUT2D eigenvalue weighted by molar-refractivity contribution is 6.30. The smallest absolute Gasteiger partial charge is 0.257 e. The Balaban J connectivity index is 1.68. The highest BCUT2D eigenvalue weighted by Crippen LogP contribution is 2.23. The molecule has 0 atom stereocenters. The summed E-state index contributed by atoms with van der Waals surface area (Å²) in [5, 5.41) is 0.737. The average molecular weight is 319 g/mol. The van der Waals surface area contributed by atoms with E-state index in [1.54, 1.807) is 6.26 Å². The zero-order valence-electron chi connectivity index (χ0n) is 12.8. The molecule has 0 radical (unpaired) electrons. The van der Waals surface area contributed by atoms with Crippen molar-refractivity contribution in [1.82, 2.24) is 4.90 Å². The molecule has 0 N–H and O–H groups in total. The lowest BCUT2D eigenvalue weighted by Crippen LogP contribution is -2.49. The molecule has 0 unspecified atom stereocenters. The van der Waals surface area contributed by atoms with Crippen molar-refractivity contribution >= 4 is 23.2 Å². The maximum atomic E-state index is 12.6. The van der Waals surface area contributed by atoms with Gasteiger partial charge in [0.25, 0.3) is 5.91 Å². The Bertz CT molecular complexity index is 668. The number of furan rings is 1. The molecule has 1 aliphatic rings. The van der Waals surface area contributed by atoms with Gasteiger partial charge in [0.05, 0.1) is 11.8 Å². The van der Waals surface area contributed by atoms with E-state index >= 15 is 0 Å². The van der Waals surface area contributed by atoms with E-state index in [9.17, 15) is 4.79 Å². The Morgan fingerprint density at radius 1 is 1.18 bits per heavy atom. The Morgan fingerprint density at radius 2 is 1.91 bits per heavy atom. The van der Waals surface area contributed by atoms with Gasteiger partial charge in [0.15, 0.2) is 0 Å². The van der Waals surface area contributed by atoms with Gasteiger partial charge in [-0.15, -0.1) is 0 Å². The van der Waals surface area contributed by atoms with Crippen LogP contribution in [-0.2, 0) is 0 Å². The number of anilines is 1. The van der Waals surface area contributed by atoms with Gasteiger partial charge in [0.1, 0.15) is 5.76 Å². The van der Waals surface area contributed by atoms with Crippen molar-refractivity contribution in [1.29, 1.82) is 0 Å². The first kappa shape index (κ1) is 15.0. The number of carbonyl (C=O) groups excluding carboxylic acids is 1. The van der Waals surface area contributed by atoms with Gasteiger partial charge in [-0.25, -0.2) is 0 Å². The second-order valence-electron chi connectivity index (χ2n) is 5.61. The second kappa shape index (κ2) is 6.05. The number of halogens is 1. The molecule has 116 valence electrons. The van der Waals surface area contributed by atoms with Crippen LogP contribution in [0.1, 0.15) is 21.7 Å². The predicted molar refractivity (Wildman–Crippen MR) is 87.8 cm³/mol. The SMILES string of the molecule is Cc1coc(C)c1C(=O)N1CCN(c2cccc(Cl)c2)CC1. The Labute approximate surface area is 135 Å². The van der Waals surface area contributed by atoms with Crippen molar-refractivity contribution in [3.63, 3.8) is 0 Å². The monoisotopic (exact) mass is 318 g/mol. The normalized spacial score (nSPS) is 15.2. The average Bonchev–Trinajstić information content (AvgIpc) is 2.86. The van der Waals surface area contributed by atoms with Crippen LogP contribution in [0.15, 0.2) is 34.9 Å². The fourth-order valence-electron chi connectivity index (χ4n) is 2.89. The van der Waals surface area contributed by atoms with Crippen molar-refractivity contribution in [2.75, 3.05) is 31.1 Å². The maximum Gasteiger partial charge on any atom is 0.257 e. The molecule has 1 aromatic heterocycles. The maximum absolute atomic E-state index is 12.6. The number of amides is 1. The first-order chi connectivity index (χ1) is 10.6. The van der Waals surface area contributed by atoms with Crippen LogP contribution >= 0.6 is 11.6 Å². The summed E-state index contributed by atoms with van der Waals surface area (Å²) in [5.74, 6) is 0.759. The highest BCUT2D eigenvalue weighted by atomic mass is 35.5. The topological polar surface area (TPSA) is 36.7 Å². The van der Waals surface area contributed by atoms with E-state index in [0.717, 1.165) is 29.4 Å². The van der Waals surface area contributed by atoms with E-state index in [4.69, 9.17) is 16.0 Å². The summed E-state index contributed by atoms with van der Waals surface area (Å²) in [6.07, 6.45) is 1.64. The molecule has 0 aliphatic carbocycles.